The number of hydrogen-bond donors (Lipinski definition) is 0. The van der Waals surface area contributed by atoms with Crippen LogP contribution < -0.4 is 52.6 Å². The van der Waals surface area contributed by atoms with Crippen LogP contribution in [0, 0.1) is 46.3 Å². The second-order valence-electron chi connectivity index (χ2n) is 31.0. The molecule has 0 atom stereocenters. The van der Waals surface area contributed by atoms with Crippen molar-refractivity contribution in [3.05, 3.63) is 330 Å². The molecule has 5 fully saturated rings. The molecule has 0 spiro atoms. The van der Waals surface area contributed by atoms with Gasteiger partial charge in [-0.1, -0.05) is 144 Å². The van der Waals surface area contributed by atoms with E-state index >= 15 is 0 Å². The van der Waals surface area contributed by atoms with Gasteiger partial charge in [-0.25, -0.2) is 23.8 Å². The second-order valence-corrected chi connectivity index (χ2v) is 35.0. The number of ether oxygens (including phenoxy) is 8. The summed E-state index contributed by atoms with van der Waals surface area (Å²) in [7, 11) is 0. The third kappa shape index (κ3) is 21.1. The van der Waals surface area contributed by atoms with Gasteiger partial charge in [0.2, 0.25) is 0 Å². The Hall–Kier alpha value is -13.4. The first-order valence-corrected chi connectivity index (χ1v) is 45.3. The molecule has 0 aromatic heterocycles. The van der Waals surface area contributed by atoms with Gasteiger partial charge >= 0.3 is 0 Å². The lowest BCUT2D eigenvalue weighted by molar-refractivity contribution is -0.124. The van der Waals surface area contributed by atoms with Crippen LogP contribution in [0.4, 0.5) is 42.9 Å². The molecular formula is C102H88F2N8O12S4. The summed E-state index contributed by atoms with van der Waals surface area (Å²) in [5, 5.41) is 2.50. The zero-order valence-electron chi connectivity index (χ0n) is 70.7. The number of aliphatic imine (C=N–C) groups is 4. The van der Waals surface area contributed by atoms with Crippen molar-refractivity contribution in [2.75, 3.05) is 67.6 Å². The number of aryl methyl sites for hydroxylation is 5. The molecule has 20 rings (SSSR count). The fourth-order valence-electron chi connectivity index (χ4n) is 14.7. The van der Waals surface area contributed by atoms with Gasteiger partial charge in [-0.3, -0.25) is 43.8 Å². The summed E-state index contributed by atoms with van der Waals surface area (Å²) in [6, 6.07) is 74.5. The van der Waals surface area contributed by atoms with E-state index in [1.54, 1.807) is 39.0 Å². The Morgan fingerprint density at radius 2 is 0.586 bits per heavy atom. The number of thioether (sulfide) groups is 4. The van der Waals surface area contributed by atoms with Crippen LogP contribution in [0.25, 0.3) is 24.3 Å². The molecule has 1 saturated carbocycles. The minimum Gasteiger partial charge on any atom is -0.486 e. The van der Waals surface area contributed by atoms with Crippen LogP contribution in [0.2, 0.25) is 0 Å². The van der Waals surface area contributed by atoms with Gasteiger partial charge in [-0.15, -0.1) is 0 Å². The number of carbonyl (C=O) groups excluding carboxylic acids is 4. The van der Waals surface area contributed by atoms with E-state index in [9.17, 15) is 28.0 Å². The Labute approximate surface area is 757 Å². The van der Waals surface area contributed by atoms with Gasteiger partial charge < -0.3 is 37.9 Å². The van der Waals surface area contributed by atoms with Crippen molar-refractivity contribution < 1.29 is 65.9 Å². The molecule has 1 aliphatic carbocycles. The van der Waals surface area contributed by atoms with Crippen LogP contribution in [0.1, 0.15) is 87.7 Å². The number of anilines is 3. The van der Waals surface area contributed by atoms with E-state index in [0.29, 0.717) is 129 Å². The number of nitrogens with zero attached hydrogens (tertiary/aromatic N) is 8. The van der Waals surface area contributed by atoms with Gasteiger partial charge in [0.05, 0.1) is 60.3 Å². The fraction of sp³-hybridized carbons (Fsp3) is 0.196. The molecule has 9 aliphatic rings. The van der Waals surface area contributed by atoms with E-state index in [1.807, 2.05) is 239 Å². The molecule has 8 heterocycles. The van der Waals surface area contributed by atoms with Crippen molar-refractivity contribution in [1.29, 1.82) is 0 Å². The Balaban J connectivity index is 0.000000120. The first-order valence-electron chi connectivity index (χ1n) is 42.1. The molecule has 11 aromatic rings. The van der Waals surface area contributed by atoms with Gasteiger partial charge in [0.1, 0.15) is 64.5 Å². The van der Waals surface area contributed by atoms with Crippen molar-refractivity contribution in [3.8, 4) is 46.0 Å². The summed E-state index contributed by atoms with van der Waals surface area (Å²) in [4.78, 5) is 81.9. The summed E-state index contributed by atoms with van der Waals surface area (Å²) in [6.07, 6.45) is 13.1. The maximum absolute atomic E-state index is 13.5. The SMILES string of the molecule is Cc1ccc(N2C(=O)/C(=C/c3ccc4c(c3)OCCO4)SC2=NCc2ccc(F)cc2)cc1.Cc1ccc(N2C(=O)/C(=C/c3ccc4c(c3)OCCO4)SC2=Nc2ccc(F)cc2)cc1.Cc1ccc(N=C2S/C(=C\c3ccc4c(c3)OCCO4)C(=O)N2C2CCCCC2)cc1.Cc1ccc(N=C2S/C(=C\c3ccc4c(c3)OCCO4)C(=O)N2c2ccc(C)cc2)cc1. The molecule has 128 heavy (non-hydrogen) atoms. The average Bonchev–Trinajstić information content (AvgIpc) is 1.64. The molecule has 4 amide bonds. The van der Waals surface area contributed by atoms with Gasteiger partial charge in [0.15, 0.2) is 66.7 Å². The monoisotopic (exact) mass is 1780 g/mol. The van der Waals surface area contributed by atoms with E-state index in [4.69, 9.17) is 52.9 Å². The van der Waals surface area contributed by atoms with Crippen molar-refractivity contribution >= 4 is 150 Å². The van der Waals surface area contributed by atoms with Crippen LogP contribution in [0.5, 0.6) is 46.0 Å². The van der Waals surface area contributed by atoms with E-state index in [0.717, 1.165) is 121 Å². The predicted molar refractivity (Wildman–Crippen MR) is 509 cm³/mol. The Bertz CT molecular complexity index is 6080. The lowest BCUT2D eigenvalue weighted by Gasteiger charge is -2.30. The van der Waals surface area contributed by atoms with Crippen LogP contribution in [-0.2, 0) is 25.7 Å². The number of rotatable bonds is 13. The molecule has 26 heteroatoms. The number of amides is 4. The molecule has 0 radical (unpaired) electrons. The predicted octanol–water partition coefficient (Wildman–Crippen LogP) is 22.9. The lowest BCUT2D eigenvalue weighted by Crippen LogP contribution is -2.40. The third-order valence-corrected chi connectivity index (χ3v) is 25.3. The van der Waals surface area contributed by atoms with E-state index in [-0.39, 0.29) is 41.3 Å². The summed E-state index contributed by atoms with van der Waals surface area (Å²) in [5.41, 5.74) is 14.6. The third-order valence-electron chi connectivity index (χ3n) is 21.4. The van der Waals surface area contributed by atoms with Gasteiger partial charge in [0.25, 0.3) is 23.6 Å². The highest BCUT2D eigenvalue weighted by molar-refractivity contribution is 8.20. The first-order chi connectivity index (χ1) is 62.4. The zero-order valence-corrected chi connectivity index (χ0v) is 74.0. The van der Waals surface area contributed by atoms with Gasteiger partial charge in [-0.05, 0) is 292 Å². The Morgan fingerprint density at radius 3 is 0.930 bits per heavy atom. The molecule has 4 saturated heterocycles. The highest BCUT2D eigenvalue weighted by atomic mass is 32.2. The van der Waals surface area contributed by atoms with E-state index < -0.39 is 0 Å². The molecule has 20 nitrogen and oxygen atoms in total. The maximum atomic E-state index is 13.5. The minimum absolute atomic E-state index is 0.0534. The number of amidine groups is 4. The van der Waals surface area contributed by atoms with Gasteiger partial charge in [0, 0.05) is 6.04 Å². The molecule has 8 aliphatic heterocycles. The molecular weight excluding hydrogens is 1700 g/mol. The smallest absolute Gasteiger partial charge is 0.271 e. The van der Waals surface area contributed by atoms with Crippen molar-refractivity contribution in [1.82, 2.24) is 4.90 Å². The van der Waals surface area contributed by atoms with Crippen LogP contribution in [0.3, 0.4) is 0 Å². The highest BCUT2D eigenvalue weighted by Gasteiger charge is 2.41. The summed E-state index contributed by atoms with van der Waals surface area (Å²) in [6.45, 7) is 14.7. The van der Waals surface area contributed by atoms with Crippen molar-refractivity contribution in [2.24, 2.45) is 20.0 Å². The number of hydrogen-bond acceptors (Lipinski definition) is 20. The van der Waals surface area contributed by atoms with Crippen LogP contribution in [-0.4, -0.2) is 108 Å². The normalized spacial score (nSPS) is 18.8. The van der Waals surface area contributed by atoms with E-state index in [1.165, 1.54) is 88.9 Å². The molecule has 646 valence electrons. The standard InChI is InChI=1S/C26H21FN2O3S.C26H22N2O3S.C25H19FN2O3S.C25H26N2O3S/c1-17-2-9-21(10-3-17)29-25(30)24(15-19-6-11-22-23(14-19)32-13-12-31-22)33-26(29)28-16-18-4-7-20(27)8-5-18;1-17-3-8-20(9-4-17)27-26-28(21-10-5-18(2)6-11-21)25(29)24(32-26)16-19-7-12-22-23(15-19)31-14-13-30-22;1-16-2-9-20(10-3-16)28-24(29)23(32-25(28)27-19-7-5-18(26)6-8-19)15-17-4-11-21-22(14-17)31-13-12-30-21;1-17-7-10-19(11-8-17)26-25-27(20-5-3-2-4-6-20)24(28)23(31-25)16-18-9-12-21-22(15-18)30-14-13-29-21/h2-11,14-15H,12-13,16H2,1H3;3-12,15-16H,13-14H2,1-2H3;2-11,14-15H,12-13H2,1H3;7-12,15-16,20H,2-6,13-14H2,1H3/b24-15-,28-26?;24-16-,27-26?;23-15-,27-25?;23-16-,26-25?. The first kappa shape index (κ1) is 86.7. The maximum Gasteiger partial charge on any atom is 0.271 e. The van der Waals surface area contributed by atoms with E-state index in [2.05, 4.69) is 24.0 Å². The summed E-state index contributed by atoms with van der Waals surface area (Å²) < 4.78 is 71.6. The zero-order chi connectivity index (χ0) is 88.2. The van der Waals surface area contributed by atoms with Crippen LogP contribution in [0.15, 0.2) is 282 Å². The minimum atomic E-state index is -0.335. The van der Waals surface area contributed by atoms with Crippen molar-refractivity contribution in [3.63, 3.8) is 0 Å². The molecule has 0 N–H and O–H groups in total. The van der Waals surface area contributed by atoms with Crippen molar-refractivity contribution in [2.45, 2.75) is 79.3 Å². The quantitative estimate of drug-likeness (QED) is 0.0985. The molecule has 0 unspecified atom stereocenters. The summed E-state index contributed by atoms with van der Waals surface area (Å²) in [5.74, 6) is 4.67. The number of carbonyl (C=O) groups is 4. The van der Waals surface area contributed by atoms with Crippen LogP contribution >= 0.6 is 47.0 Å². The lowest BCUT2D eigenvalue weighted by atomic mass is 9.94. The number of halogens is 2. The average molecular weight is 1780 g/mol. The highest BCUT2D eigenvalue weighted by Crippen LogP contribution is 2.45. The Morgan fingerprint density at radius 1 is 0.312 bits per heavy atom. The number of fused-ring (bicyclic) bond motifs is 4. The fourth-order valence-corrected chi connectivity index (χ4v) is 18.7. The van der Waals surface area contributed by atoms with Gasteiger partial charge in [-0.2, -0.15) is 0 Å². The molecule has 0 bridgehead atoms. The summed E-state index contributed by atoms with van der Waals surface area (Å²) >= 11 is 5.44. The second kappa shape index (κ2) is 40.1. The topological polar surface area (TPSA) is 205 Å². The molecule has 11 aromatic carbocycles. The largest absolute Gasteiger partial charge is 0.486 e. The number of benzene rings is 11. The Kier molecular flexibility index (Phi) is 27.1.